The van der Waals surface area contributed by atoms with Crippen LogP contribution < -0.4 is 0 Å². The lowest BCUT2D eigenvalue weighted by Crippen LogP contribution is -2.46. The van der Waals surface area contributed by atoms with Crippen molar-refractivity contribution < 1.29 is 22.6 Å². The van der Waals surface area contributed by atoms with Crippen LogP contribution in [0.1, 0.15) is 11.1 Å². The maximum atomic E-state index is 13.9. The van der Waals surface area contributed by atoms with Crippen molar-refractivity contribution in [2.75, 3.05) is 33.5 Å². The molecule has 0 bridgehead atoms. The summed E-state index contributed by atoms with van der Waals surface area (Å²) in [6.07, 6.45) is 1.61. The third-order valence-electron chi connectivity index (χ3n) is 5.34. The molecule has 7 nitrogen and oxygen atoms in total. The second-order valence-corrected chi connectivity index (χ2v) is 9.25. The van der Waals surface area contributed by atoms with E-state index in [1.54, 1.807) is 31.5 Å². The quantitative estimate of drug-likeness (QED) is 0.524. The molecule has 0 amide bonds. The van der Waals surface area contributed by atoms with Crippen LogP contribution in [0.15, 0.2) is 65.7 Å². The first-order chi connectivity index (χ1) is 15.1. The molecule has 2 aromatic carbocycles. The molecule has 8 heteroatoms. The van der Waals surface area contributed by atoms with E-state index < -0.39 is 16.1 Å². The average Bonchev–Trinajstić information content (AvgIpc) is 2.78. The predicted molar refractivity (Wildman–Crippen MR) is 117 cm³/mol. The number of ether oxygens (including phenoxy) is 3. The highest BCUT2D eigenvalue weighted by molar-refractivity contribution is 7.89. The van der Waals surface area contributed by atoms with Gasteiger partial charge in [0.25, 0.3) is 0 Å². The zero-order valence-electron chi connectivity index (χ0n) is 17.4. The fourth-order valence-corrected chi connectivity index (χ4v) is 5.46. The van der Waals surface area contributed by atoms with Gasteiger partial charge in [-0.2, -0.15) is 4.31 Å². The Labute approximate surface area is 182 Å². The number of para-hydroxylation sites is 1. The molecule has 1 aliphatic heterocycles. The zero-order chi connectivity index (χ0) is 21.7. The summed E-state index contributed by atoms with van der Waals surface area (Å²) in [7, 11) is -2.28. The molecule has 1 unspecified atom stereocenters. The van der Waals surface area contributed by atoms with Gasteiger partial charge in [0.2, 0.25) is 10.0 Å². The lowest BCUT2D eigenvalue weighted by atomic mass is 10.1. The van der Waals surface area contributed by atoms with Gasteiger partial charge in [0.05, 0.1) is 44.6 Å². The van der Waals surface area contributed by atoms with Crippen molar-refractivity contribution in [1.29, 1.82) is 0 Å². The maximum absolute atomic E-state index is 13.9. The highest BCUT2D eigenvalue weighted by atomic mass is 32.2. The minimum atomic E-state index is -3.88. The second-order valence-electron chi connectivity index (χ2n) is 7.39. The summed E-state index contributed by atoms with van der Waals surface area (Å²) < 4.78 is 46.0. The van der Waals surface area contributed by atoms with Crippen molar-refractivity contribution in [1.82, 2.24) is 9.29 Å². The smallest absolute Gasteiger partial charge is 0.245 e. The normalized spacial score (nSPS) is 17.8. The summed E-state index contributed by atoms with van der Waals surface area (Å²) in [4.78, 5) is 4.54. The number of aromatic nitrogens is 1. The van der Waals surface area contributed by atoms with Crippen molar-refractivity contribution in [2.45, 2.75) is 24.1 Å². The molecule has 1 aromatic heterocycles. The highest BCUT2D eigenvalue weighted by Gasteiger charge is 2.35. The maximum Gasteiger partial charge on any atom is 0.245 e. The van der Waals surface area contributed by atoms with Gasteiger partial charge >= 0.3 is 0 Å². The summed E-state index contributed by atoms with van der Waals surface area (Å²) in [6, 6.07) is 16.1. The van der Waals surface area contributed by atoms with Crippen LogP contribution in [-0.4, -0.2) is 57.3 Å². The molecule has 0 spiro atoms. The molecule has 4 rings (SSSR count). The van der Waals surface area contributed by atoms with E-state index in [9.17, 15) is 8.42 Å². The Hall–Kier alpha value is -2.36. The van der Waals surface area contributed by atoms with E-state index >= 15 is 0 Å². The molecule has 0 aliphatic carbocycles. The Balaban J connectivity index is 1.75. The van der Waals surface area contributed by atoms with Gasteiger partial charge in [0.1, 0.15) is 4.90 Å². The van der Waals surface area contributed by atoms with Gasteiger partial charge < -0.3 is 14.2 Å². The molecule has 1 aliphatic rings. The Kier molecular flexibility index (Phi) is 6.94. The van der Waals surface area contributed by atoms with Crippen LogP contribution in [0.4, 0.5) is 0 Å². The van der Waals surface area contributed by atoms with Gasteiger partial charge in [-0.05, 0) is 23.3 Å². The van der Waals surface area contributed by atoms with E-state index in [0.717, 1.165) is 16.5 Å². The van der Waals surface area contributed by atoms with E-state index in [2.05, 4.69) is 4.98 Å². The first kappa shape index (κ1) is 21.9. The van der Waals surface area contributed by atoms with Crippen molar-refractivity contribution >= 4 is 20.9 Å². The molecule has 3 aromatic rings. The summed E-state index contributed by atoms with van der Waals surface area (Å²) in [6.45, 7) is 1.95. The number of hydrogen-bond acceptors (Lipinski definition) is 6. The van der Waals surface area contributed by atoms with Gasteiger partial charge in [0.15, 0.2) is 0 Å². The third kappa shape index (κ3) is 4.78. The van der Waals surface area contributed by atoms with Crippen LogP contribution in [0.25, 0.3) is 10.9 Å². The monoisotopic (exact) mass is 442 g/mol. The van der Waals surface area contributed by atoms with E-state index in [-0.39, 0.29) is 24.7 Å². The molecule has 1 atom stereocenters. The number of nitrogens with zero attached hydrogens (tertiary/aromatic N) is 2. The van der Waals surface area contributed by atoms with Gasteiger partial charge in [0, 0.05) is 25.2 Å². The van der Waals surface area contributed by atoms with Gasteiger partial charge in [-0.3, -0.25) is 4.98 Å². The Morgan fingerprint density at radius 3 is 2.71 bits per heavy atom. The Morgan fingerprint density at radius 2 is 1.87 bits per heavy atom. The molecule has 0 fully saturated rings. The lowest BCUT2D eigenvalue weighted by molar-refractivity contribution is 0.00444. The number of hydrogen-bond donors (Lipinski definition) is 0. The minimum Gasteiger partial charge on any atom is -0.382 e. The average molecular weight is 443 g/mol. The fraction of sp³-hybridized carbons (Fsp3) is 0.348. The van der Waals surface area contributed by atoms with Gasteiger partial charge in [-0.25, -0.2) is 8.42 Å². The minimum absolute atomic E-state index is 0.186. The third-order valence-corrected chi connectivity index (χ3v) is 7.27. The van der Waals surface area contributed by atoms with Gasteiger partial charge in [-0.15, -0.1) is 0 Å². The Morgan fingerprint density at radius 1 is 1.06 bits per heavy atom. The molecule has 0 N–H and O–H groups in total. The van der Waals surface area contributed by atoms with Crippen molar-refractivity contribution in [3.8, 4) is 0 Å². The van der Waals surface area contributed by atoms with Crippen LogP contribution in [-0.2, 0) is 37.4 Å². The number of pyridine rings is 1. The number of rotatable bonds is 7. The molecule has 164 valence electrons. The zero-order valence-corrected chi connectivity index (χ0v) is 18.3. The van der Waals surface area contributed by atoms with Crippen molar-refractivity contribution in [2.24, 2.45) is 0 Å². The van der Waals surface area contributed by atoms with E-state index in [0.29, 0.717) is 25.3 Å². The highest BCUT2D eigenvalue weighted by Crippen LogP contribution is 2.29. The molecule has 0 saturated carbocycles. The van der Waals surface area contributed by atoms with Crippen LogP contribution in [0.3, 0.4) is 0 Å². The SMILES string of the molecule is COCCOCC1COCc2ccccc2CN1S(=O)(=O)c1cccc2cccnc12. The number of fused-ring (bicyclic) bond motifs is 2. The molecule has 2 heterocycles. The first-order valence-electron chi connectivity index (χ1n) is 10.2. The summed E-state index contributed by atoms with van der Waals surface area (Å²) in [5.41, 5.74) is 2.36. The van der Waals surface area contributed by atoms with E-state index in [1.807, 2.05) is 36.4 Å². The van der Waals surface area contributed by atoms with Crippen molar-refractivity contribution in [3.63, 3.8) is 0 Å². The second kappa shape index (κ2) is 9.84. The van der Waals surface area contributed by atoms with E-state index in [4.69, 9.17) is 14.2 Å². The van der Waals surface area contributed by atoms with Crippen LogP contribution >= 0.6 is 0 Å². The van der Waals surface area contributed by atoms with Crippen molar-refractivity contribution in [3.05, 3.63) is 71.9 Å². The van der Waals surface area contributed by atoms with Crippen LogP contribution in [0.5, 0.6) is 0 Å². The first-order valence-corrected chi connectivity index (χ1v) is 11.6. The summed E-state index contributed by atoms with van der Waals surface area (Å²) in [5.74, 6) is 0. The lowest BCUT2D eigenvalue weighted by Gasteiger charge is -2.33. The van der Waals surface area contributed by atoms with E-state index in [1.165, 1.54) is 4.31 Å². The topological polar surface area (TPSA) is 78.0 Å². The summed E-state index contributed by atoms with van der Waals surface area (Å²) >= 11 is 0. The van der Waals surface area contributed by atoms with Crippen LogP contribution in [0.2, 0.25) is 0 Å². The van der Waals surface area contributed by atoms with Crippen LogP contribution in [0, 0.1) is 0 Å². The number of benzene rings is 2. The predicted octanol–water partition coefficient (Wildman–Crippen LogP) is 2.99. The molecule has 31 heavy (non-hydrogen) atoms. The summed E-state index contributed by atoms with van der Waals surface area (Å²) in [5, 5.41) is 0.778. The molecule has 0 saturated heterocycles. The van der Waals surface area contributed by atoms with Gasteiger partial charge in [-0.1, -0.05) is 42.5 Å². The number of sulfonamides is 1. The molecular weight excluding hydrogens is 416 g/mol. The molecule has 0 radical (unpaired) electrons. The largest absolute Gasteiger partial charge is 0.382 e. The molecular formula is C23H26N2O5S. The fourth-order valence-electron chi connectivity index (χ4n) is 3.72. The Bertz CT molecular complexity index is 1130. The number of methoxy groups -OCH3 is 1. The standard InChI is InChI=1S/C23H26N2O5S/c1-28-12-13-29-16-21-17-30-15-20-7-3-2-6-19(20)14-25(21)31(26,27)22-10-4-8-18-9-5-11-24-23(18)22/h2-11,21H,12-17H2,1H3.